The Morgan fingerprint density at radius 2 is 1.70 bits per heavy atom. The normalized spacial score (nSPS) is 14.2. The number of amides is 2. The highest BCUT2D eigenvalue weighted by molar-refractivity contribution is 6.04. The number of hydrogen-bond donors (Lipinski definition) is 2. The van der Waals surface area contributed by atoms with Gasteiger partial charge in [-0.25, -0.2) is 0 Å². The molecule has 0 aromatic heterocycles. The van der Waals surface area contributed by atoms with E-state index in [1.807, 2.05) is 13.0 Å². The van der Waals surface area contributed by atoms with Crippen molar-refractivity contribution in [2.75, 3.05) is 25.1 Å². The summed E-state index contributed by atoms with van der Waals surface area (Å²) in [5, 5.41) is 5.96. The second kappa shape index (κ2) is 11.4. The number of ether oxygens (including phenoxy) is 2. The molecular weight excluding hydrogens is 380 g/mol. The van der Waals surface area contributed by atoms with Crippen LogP contribution in [0, 0.1) is 0 Å². The minimum absolute atomic E-state index is 0.0586. The van der Waals surface area contributed by atoms with E-state index in [2.05, 4.69) is 10.6 Å². The quantitative estimate of drug-likeness (QED) is 0.600. The van der Waals surface area contributed by atoms with Crippen LogP contribution >= 0.6 is 0 Å². The average molecular weight is 411 g/mol. The van der Waals surface area contributed by atoms with Crippen LogP contribution in [0.15, 0.2) is 48.5 Å². The van der Waals surface area contributed by atoms with Crippen LogP contribution in [0.4, 0.5) is 5.69 Å². The molecule has 1 fully saturated rings. The summed E-state index contributed by atoms with van der Waals surface area (Å²) < 4.78 is 10.9. The van der Waals surface area contributed by atoms with Crippen molar-refractivity contribution in [2.24, 2.45) is 0 Å². The van der Waals surface area contributed by atoms with E-state index in [1.54, 1.807) is 42.5 Å². The first-order valence-corrected chi connectivity index (χ1v) is 10.7. The van der Waals surface area contributed by atoms with Crippen molar-refractivity contribution in [2.45, 2.75) is 45.1 Å². The molecule has 160 valence electrons. The van der Waals surface area contributed by atoms with Crippen LogP contribution in [-0.4, -0.2) is 37.7 Å². The molecule has 0 unspecified atom stereocenters. The Morgan fingerprint density at radius 3 is 2.43 bits per heavy atom. The van der Waals surface area contributed by atoms with Gasteiger partial charge in [-0.05, 0) is 62.2 Å². The van der Waals surface area contributed by atoms with Crippen molar-refractivity contribution in [3.63, 3.8) is 0 Å². The minimum atomic E-state index is -0.232. The Kier molecular flexibility index (Phi) is 8.27. The maximum Gasteiger partial charge on any atom is 0.255 e. The minimum Gasteiger partial charge on any atom is -0.491 e. The molecule has 1 saturated carbocycles. The van der Waals surface area contributed by atoms with Crippen molar-refractivity contribution >= 4 is 17.5 Å². The smallest absolute Gasteiger partial charge is 0.255 e. The summed E-state index contributed by atoms with van der Waals surface area (Å²) in [6, 6.07) is 14.3. The molecule has 3 rings (SSSR count). The third kappa shape index (κ3) is 6.59. The van der Waals surface area contributed by atoms with Gasteiger partial charge in [0.05, 0.1) is 6.61 Å². The Balaban J connectivity index is 1.53. The molecule has 0 heterocycles. The van der Waals surface area contributed by atoms with Crippen LogP contribution in [-0.2, 0) is 4.74 Å². The molecule has 0 atom stereocenters. The van der Waals surface area contributed by atoms with E-state index in [1.165, 1.54) is 19.3 Å². The lowest BCUT2D eigenvalue weighted by atomic mass is 9.95. The van der Waals surface area contributed by atoms with Gasteiger partial charge < -0.3 is 20.1 Å². The van der Waals surface area contributed by atoms with Gasteiger partial charge in [0.1, 0.15) is 12.4 Å². The number of nitrogens with one attached hydrogen (secondary N) is 2. The molecule has 0 aliphatic heterocycles. The molecule has 2 aromatic rings. The predicted octanol–water partition coefficient (Wildman–Crippen LogP) is 4.42. The van der Waals surface area contributed by atoms with Gasteiger partial charge in [0.25, 0.3) is 11.8 Å². The molecular formula is C24H30N2O4. The molecule has 0 spiro atoms. The first-order valence-electron chi connectivity index (χ1n) is 10.7. The highest BCUT2D eigenvalue weighted by atomic mass is 16.5. The van der Waals surface area contributed by atoms with E-state index in [4.69, 9.17) is 9.47 Å². The summed E-state index contributed by atoms with van der Waals surface area (Å²) in [6.07, 6.45) is 5.70. The summed E-state index contributed by atoms with van der Waals surface area (Å²) in [5.74, 6) is 0.332. The Hall–Kier alpha value is -2.86. The number of anilines is 1. The topological polar surface area (TPSA) is 76.7 Å². The SMILES string of the molecule is CCOCCOc1cccc(C(=O)Nc2ccc(C(=O)NC3CCCCC3)cc2)c1. The van der Waals surface area contributed by atoms with Crippen molar-refractivity contribution in [3.8, 4) is 5.75 Å². The third-order valence-corrected chi connectivity index (χ3v) is 5.14. The van der Waals surface area contributed by atoms with Crippen LogP contribution in [0.2, 0.25) is 0 Å². The lowest BCUT2D eigenvalue weighted by Crippen LogP contribution is -2.36. The third-order valence-electron chi connectivity index (χ3n) is 5.14. The standard InChI is InChI=1S/C24H30N2O4/c1-2-29-15-16-30-22-10-6-7-19(17-22)24(28)26-21-13-11-18(12-14-21)23(27)25-20-8-4-3-5-9-20/h6-7,10-14,17,20H,2-5,8-9,15-16H2,1H3,(H,25,27)(H,26,28). The van der Waals surface area contributed by atoms with Gasteiger partial charge in [0.15, 0.2) is 0 Å². The van der Waals surface area contributed by atoms with Gasteiger partial charge >= 0.3 is 0 Å². The van der Waals surface area contributed by atoms with Crippen LogP contribution in [0.5, 0.6) is 5.75 Å². The van der Waals surface area contributed by atoms with Crippen LogP contribution in [0.25, 0.3) is 0 Å². The maximum absolute atomic E-state index is 12.6. The van der Waals surface area contributed by atoms with E-state index in [0.29, 0.717) is 42.4 Å². The number of rotatable bonds is 9. The highest BCUT2D eigenvalue weighted by Gasteiger charge is 2.16. The molecule has 1 aliphatic rings. The summed E-state index contributed by atoms with van der Waals surface area (Å²) in [4.78, 5) is 25.0. The van der Waals surface area contributed by atoms with Crippen molar-refractivity contribution in [1.82, 2.24) is 5.32 Å². The molecule has 2 aromatic carbocycles. The fraction of sp³-hybridized carbons (Fsp3) is 0.417. The first-order chi connectivity index (χ1) is 14.7. The predicted molar refractivity (Wildman–Crippen MR) is 117 cm³/mol. The summed E-state index contributed by atoms with van der Waals surface area (Å²) >= 11 is 0. The van der Waals surface area contributed by atoms with E-state index < -0.39 is 0 Å². The average Bonchev–Trinajstić information content (AvgIpc) is 2.78. The van der Waals surface area contributed by atoms with E-state index in [-0.39, 0.29) is 17.9 Å². The fourth-order valence-corrected chi connectivity index (χ4v) is 3.51. The zero-order valence-corrected chi connectivity index (χ0v) is 17.5. The second-order valence-electron chi connectivity index (χ2n) is 7.41. The molecule has 6 nitrogen and oxygen atoms in total. The molecule has 1 aliphatic carbocycles. The molecule has 6 heteroatoms. The van der Waals surface area contributed by atoms with E-state index in [9.17, 15) is 9.59 Å². The molecule has 0 radical (unpaired) electrons. The number of benzene rings is 2. The Labute approximate surface area is 178 Å². The maximum atomic E-state index is 12.6. The summed E-state index contributed by atoms with van der Waals surface area (Å²) in [7, 11) is 0. The van der Waals surface area contributed by atoms with E-state index in [0.717, 1.165) is 12.8 Å². The Morgan fingerprint density at radius 1 is 0.933 bits per heavy atom. The van der Waals surface area contributed by atoms with Crippen molar-refractivity contribution < 1.29 is 19.1 Å². The molecule has 2 amide bonds. The van der Waals surface area contributed by atoms with Crippen molar-refractivity contribution in [3.05, 3.63) is 59.7 Å². The van der Waals surface area contributed by atoms with Gasteiger partial charge in [-0.1, -0.05) is 25.3 Å². The Bertz CT molecular complexity index is 829. The van der Waals surface area contributed by atoms with Crippen LogP contribution < -0.4 is 15.4 Å². The van der Waals surface area contributed by atoms with Gasteiger partial charge in [-0.2, -0.15) is 0 Å². The van der Waals surface area contributed by atoms with E-state index >= 15 is 0 Å². The number of carbonyl (C=O) groups excluding carboxylic acids is 2. The number of carbonyl (C=O) groups is 2. The zero-order chi connectivity index (χ0) is 21.2. The number of hydrogen-bond acceptors (Lipinski definition) is 4. The second-order valence-corrected chi connectivity index (χ2v) is 7.41. The van der Waals surface area contributed by atoms with Crippen molar-refractivity contribution in [1.29, 1.82) is 0 Å². The molecule has 0 saturated heterocycles. The summed E-state index contributed by atoms with van der Waals surface area (Å²) in [5.41, 5.74) is 1.74. The zero-order valence-electron chi connectivity index (χ0n) is 17.5. The summed E-state index contributed by atoms with van der Waals surface area (Å²) in [6.45, 7) is 3.52. The van der Waals surface area contributed by atoms with Crippen LogP contribution in [0.3, 0.4) is 0 Å². The van der Waals surface area contributed by atoms with Gasteiger partial charge in [-0.3, -0.25) is 9.59 Å². The first kappa shape index (κ1) is 21.8. The largest absolute Gasteiger partial charge is 0.491 e. The monoisotopic (exact) mass is 410 g/mol. The van der Waals surface area contributed by atoms with Gasteiger partial charge in [-0.15, -0.1) is 0 Å². The van der Waals surface area contributed by atoms with Gasteiger partial charge in [0, 0.05) is 29.5 Å². The highest BCUT2D eigenvalue weighted by Crippen LogP contribution is 2.19. The lowest BCUT2D eigenvalue weighted by molar-refractivity contribution is 0.0927. The lowest BCUT2D eigenvalue weighted by Gasteiger charge is -2.22. The van der Waals surface area contributed by atoms with Crippen LogP contribution in [0.1, 0.15) is 59.7 Å². The molecule has 2 N–H and O–H groups in total. The molecule has 0 bridgehead atoms. The van der Waals surface area contributed by atoms with Gasteiger partial charge in [0.2, 0.25) is 0 Å². The molecule has 30 heavy (non-hydrogen) atoms. The fourth-order valence-electron chi connectivity index (χ4n) is 3.51.